The third kappa shape index (κ3) is 3.48. The first-order valence-electron chi connectivity index (χ1n) is 7.43. The van der Waals surface area contributed by atoms with Gasteiger partial charge in [0.05, 0.1) is 5.25 Å². The summed E-state index contributed by atoms with van der Waals surface area (Å²) < 4.78 is 6.87. The second kappa shape index (κ2) is 6.88. The van der Waals surface area contributed by atoms with E-state index in [1.807, 2.05) is 48.7 Å². The molecular weight excluding hydrogens is 326 g/mol. The van der Waals surface area contributed by atoms with Crippen LogP contribution in [0.15, 0.2) is 46.1 Å². The number of para-hydroxylation sites is 1. The molecule has 2 aromatic heterocycles. The van der Waals surface area contributed by atoms with Crippen molar-refractivity contribution < 1.29 is 9.32 Å². The molecule has 1 amide bonds. The maximum Gasteiger partial charge on any atom is 0.238 e. The predicted molar refractivity (Wildman–Crippen MR) is 91.3 cm³/mol. The number of amides is 1. The number of thioether (sulfide) groups is 1. The van der Waals surface area contributed by atoms with E-state index in [2.05, 4.69) is 20.7 Å². The van der Waals surface area contributed by atoms with Gasteiger partial charge in [0.1, 0.15) is 11.6 Å². The Bertz CT molecular complexity index is 843. The molecule has 0 saturated heterocycles. The summed E-state index contributed by atoms with van der Waals surface area (Å²) in [6.07, 6.45) is 0. The number of hydrogen-bond donors (Lipinski definition) is 1. The van der Waals surface area contributed by atoms with Gasteiger partial charge >= 0.3 is 0 Å². The zero-order chi connectivity index (χ0) is 17.1. The topological polar surface area (TPSA) is 85.8 Å². The highest BCUT2D eigenvalue weighted by Gasteiger charge is 2.20. The van der Waals surface area contributed by atoms with Crippen molar-refractivity contribution in [2.45, 2.75) is 31.2 Å². The molecule has 3 rings (SSSR count). The van der Waals surface area contributed by atoms with Gasteiger partial charge in [-0.25, -0.2) is 0 Å². The van der Waals surface area contributed by atoms with Crippen LogP contribution in [-0.2, 0) is 4.79 Å². The van der Waals surface area contributed by atoms with Crippen LogP contribution in [0, 0.1) is 13.8 Å². The minimum absolute atomic E-state index is 0.173. The first kappa shape index (κ1) is 16.3. The molecule has 0 radical (unpaired) electrons. The monoisotopic (exact) mass is 343 g/mol. The van der Waals surface area contributed by atoms with E-state index in [-0.39, 0.29) is 11.2 Å². The number of benzene rings is 1. The molecule has 24 heavy (non-hydrogen) atoms. The Morgan fingerprint density at radius 2 is 2.00 bits per heavy atom. The van der Waals surface area contributed by atoms with E-state index in [0.717, 1.165) is 11.5 Å². The molecule has 8 heteroatoms. The quantitative estimate of drug-likeness (QED) is 0.717. The van der Waals surface area contributed by atoms with Crippen LogP contribution in [0.5, 0.6) is 0 Å². The van der Waals surface area contributed by atoms with Crippen molar-refractivity contribution in [1.82, 2.24) is 19.9 Å². The van der Waals surface area contributed by atoms with Gasteiger partial charge in [0, 0.05) is 11.8 Å². The standard InChI is InChI=1S/C16H17N5O2S/c1-10-9-14(20-23-10)17-15(22)11(2)24-16-19-18-12(3)21(16)13-7-5-4-6-8-13/h4-9,11H,1-3H3,(H,17,20,22)/t11-/m0/s1. The second-order valence-electron chi connectivity index (χ2n) is 5.27. The molecule has 0 aliphatic rings. The average molecular weight is 343 g/mol. The van der Waals surface area contributed by atoms with Crippen LogP contribution in [0.1, 0.15) is 18.5 Å². The van der Waals surface area contributed by atoms with E-state index in [9.17, 15) is 4.79 Å². The fourth-order valence-corrected chi connectivity index (χ4v) is 3.07. The molecular formula is C16H17N5O2S. The van der Waals surface area contributed by atoms with Gasteiger partial charge < -0.3 is 9.84 Å². The van der Waals surface area contributed by atoms with Gasteiger partial charge in [-0.2, -0.15) is 0 Å². The van der Waals surface area contributed by atoms with Crippen LogP contribution >= 0.6 is 11.8 Å². The molecule has 0 spiro atoms. The highest BCUT2D eigenvalue weighted by atomic mass is 32.2. The van der Waals surface area contributed by atoms with Gasteiger partial charge in [-0.3, -0.25) is 9.36 Å². The van der Waals surface area contributed by atoms with Crippen molar-refractivity contribution in [1.29, 1.82) is 0 Å². The van der Waals surface area contributed by atoms with Crippen molar-refractivity contribution in [3.8, 4) is 5.69 Å². The zero-order valence-electron chi connectivity index (χ0n) is 13.6. The van der Waals surface area contributed by atoms with E-state index in [1.165, 1.54) is 11.8 Å². The van der Waals surface area contributed by atoms with Crippen LogP contribution in [0.2, 0.25) is 0 Å². The number of nitrogens with zero attached hydrogens (tertiary/aromatic N) is 4. The number of aromatic nitrogens is 4. The molecule has 2 heterocycles. The van der Waals surface area contributed by atoms with Crippen LogP contribution in [-0.4, -0.2) is 31.1 Å². The summed E-state index contributed by atoms with van der Waals surface area (Å²) >= 11 is 1.34. The van der Waals surface area contributed by atoms with E-state index >= 15 is 0 Å². The number of rotatable bonds is 5. The summed E-state index contributed by atoms with van der Waals surface area (Å²) in [5.41, 5.74) is 0.960. The summed E-state index contributed by atoms with van der Waals surface area (Å²) in [7, 11) is 0. The number of hydrogen-bond acceptors (Lipinski definition) is 6. The molecule has 1 aromatic carbocycles. The van der Waals surface area contributed by atoms with Crippen LogP contribution < -0.4 is 5.32 Å². The largest absolute Gasteiger partial charge is 0.360 e. The number of carbonyl (C=O) groups is 1. The van der Waals surface area contributed by atoms with Crippen LogP contribution in [0.3, 0.4) is 0 Å². The third-order valence-electron chi connectivity index (χ3n) is 3.34. The second-order valence-corrected chi connectivity index (χ2v) is 6.58. The third-order valence-corrected chi connectivity index (χ3v) is 4.38. The molecule has 0 aliphatic heterocycles. The number of anilines is 1. The average Bonchev–Trinajstić information content (AvgIpc) is 3.14. The highest BCUT2D eigenvalue weighted by Crippen LogP contribution is 2.26. The van der Waals surface area contributed by atoms with Gasteiger partial charge in [0.25, 0.3) is 0 Å². The lowest BCUT2D eigenvalue weighted by atomic mass is 10.3. The summed E-state index contributed by atoms with van der Waals surface area (Å²) in [5, 5.41) is 15.1. The van der Waals surface area contributed by atoms with E-state index in [1.54, 1.807) is 13.0 Å². The molecule has 7 nitrogen and oxygen atoms in total. The van der Waals surface area contributed by atoms with Gasteiger partial charge in [0.15, 0.2) is 11.0 Å². The summed E-state index contributed by atoms with van der Waals surface area (Å²) in [6, 6.07) is 11.5. The summed E-state index contributed by atoms with van der Waals surface area (Å²) in [6.45, 7) is 5.46. The lowest BCUT2D eigenvalue weighted by Gasteiger charge is -2.12. The molecule has 0 bridgehead atoms. The van der Waals surface area contributed by atoms with Crippen molar-refractivity contribution in [3.05, 3.63) is 48.0 Å². The maximum atomic E-state index is 12.3. The number of carbonyl (C=O) groups excluding carboxylic acids is 1. The molecule has 0 aliphatic carbocycles. The van der Waals surface area contributed by atoms with Gasteiger partial charge in [-0.15, -0.1) is 10.2 Å². The van der Waals surface area contributed by atoms with Gasteiger partial charge in [0.2, 0.25) is 5.91 Å². The number of nitrogens with one attached hydrogen (secondary N) is 1. The Morgan fingerprint density at radius 1 is 1.25 bits per heavy atom. The molecule has 3 aromatic rings. The van der Waals surface area contributed by atoms with Crippen LogP contribution in [0.25, 0.3) is 5.69 Å². The van der Waals surface area contributed by atoms with E-state index < -0.39 is 0 Å². The smallest absolute Gasteiger partial charge is 0.238 e. The zero-order valence-corrected chi connectivity index (χ0v) is 14.4. The van der Waals surface area contributed by atoms with Crippen molar-refractivity contribution >= 4 is 23.5 Å². The van der Waals surface area contributed by atoms with E-state index in [0.29, 0.717) is 16.7 Å². The summed E-state index contributed by atoms with van der Waals surface area (Å²) in [5.74, 6) is 1.65. The highest BCUT2D eigenvalue weighted by molar-refractivity contribution is 8.00. The van der Waals surface area contributed by atoms with Crippen molar-refractivity contribution in [3.63, 3.8) is 0 Å². The first-order valence-corrected chi connectivity index (χ1v) is 8.31. The number of aryl methyl sites for hydroxylation is 2. The van der Waals surface area contributed by atoms with Gasteiger partial charge in [-0.1, -0.05) is 35.1 Å². The Balaban J connectivity index is 1.75. The van der Waals surface area contributed by atoms with E-state index in [4.69, 9.17) is 4.52 Å². The molecule has 0 fully saturated rings. The lowest BCUT2D eigenvalue weighted by Crippen LogP contribution is -2.23. The molecule has 124 valence electrons. The minimum Gasteiger partial charge on any atom is -0.360 e. The summed E-state index contributed by atoms with van der Waals surface area (Å²) in [4.78, 5) is 12.3. The Kier molecular flexibility index (Phi) is 4.66. The molecule has 1 atom stereocenters. The Labute approximate surface area is 143 Å². The lowest BCUT2D eigenvalue weighted by molar-refractivity contribution is -0.115. The normalized spacial score (nSPS) is 12.1. The van der Waals surface area contributed by atoms with Crippen LogP contribution in [0.4, 0.5) is 5.82 Å². The fourth-order valence-electron chi connectivity index (χ4n) is 2.16. The predicted octanol–water partition coefficient (Wildman–Crippen LogP) is 2.99. The Morgan fingerprint density at radius 3 is 2.67 bits per heavy atom. The van der Waals surface area contributed by atoms with Crippen molar-refractivity contribution in [2.75, 3.05) is 5.32 Å². The molecule has 0 saturated carbocycles. The van der Waals surface area contributed by atoms with Crippen molar-refractivity contribution in [2.24, 2.45) is 0 Å². The maximum absolute atomic E-state index is 12.3. The van der Waals surface area contributed by atoms with Gasteiger partial charge in [-0.05, 0) is 32.9 Å². The SMILES string of the molecule is Cc1cc(NC(=O)[C@H](C)Sc2nnc(C)n2-c2ccccc2)no1. The fraction of sp³-hybridized carbons (Fsp3) is 0.250. The Hall–Kier alpha value is -2.61. The first-order chi connectivity index (χ1) is 11.5. The molecule has 0 unspecified atom stereocenters. The molecule has 1 N–H and O–H groups in total. The minimum atomic E-state index is -0.368.